The monoisotopic (exact) mass is 255 g/mol. The van der Waals surface area contributed by atoms with Crippen LogP contribution in [0.25, 0.3) is 0 Å². The third-order valence-electron chi connectivity index (χ3n) is 3.09. The number of amides is 1. The fourth-order valence-electron chi connectivity index (χ4n) is 2.03. The Labute approximate surface area is 105 Å². The van der Waals surface area contributed by atoms with Crippen LogP contribution >= 0.6 is 11.5 Å². The molecule has 1 aliphatic heterocycles. The van der Waals surface area contributed by atoms with Gasteiger partial charge in [0, 0.05) is 25.6 Å². The lowest BCUT2D eigenvalue weighted by atomic mass is 10.1. The number of likely N-dealkylation sites (tertiary alicyclic amines) is 1. The summed E-state index contributed by atoms with van der Waals surface area (Å²) in [6.07, 6.45) is 0.880. The third kappa shape index (κ3) is 2.47. The molecule has 0 saturated carbocycles. The van der Waals surface area contributed by atoms with E-state index < -0.39 is 0 Å². The summed E-state index contributed by atoms with van der Waals surface area (Å²) in [5, 5.41) is 13.1. The molecule has 1 aromatic rings. The van der Waals surface area contributed by atoms with Crippen LogP contribution in [0.15, 0.2) is 0 Å². The summed E-state index contributed by atoms with van der Waals surface area (Å²) in [7, 11) is 0. The zero-order valence-corrected chi connectivity index (χ0v) is 10.9. The number of aliphatic hydroxyl groups is 1. The highest BCUT2D eigenvalue weighted by Crippen LogP contribution is 2.24. The second kappa shape index (κ2) is 5.10. The molecule has 1 fully saturated rings. The predicted molar refractivity (Wildman–Crippen MR) is 65.1 cm³/mol. The topological polar surface area (TPSA) is 66.3 Å². The third-order valence-corrected chi connectivity index (χ3v) is 3.82. The van der Waals surface area contributed by atoms with Gasteiger partial charge in [0.1, 0.15) is 4.88 Å². The zero-order valence-electron chi connectivity index (χ0n) is 10.1. The Morgan fingerprint density at radius 1 is 1.65 bits per heavy atom. The Morgan fingerprint density at radius 3 is 3.00 bits per heavy atom. The van der Waals surface area contributed by atoms with Crippen molar-refractivity contribution < 1.29 is 9.90 Å². The minimum Gasteiger partial charge on any atom is -0.396 e. The molecular formula is C11H17N3O2S. The first-order valence-electron chi connectivity index (χ1n) is 5.85. The summed E-state index contributed by atoms with van der Waals surface area (Å²) in [5.74, 6) is 0.450. The van der Waals surface area contributed by atoms with Gasteiger partial charge >= 0.3 is 0 Å². The van der Waals surface area contributed by atoms with Crippen molar-refractivity contribution >= 4 is 17.4 Å². The Morgan fingerprint density at radius 2 is 2.41 bits per heavy atom. The van der Waals surface area contributed by atoms with E-state index in [4.69, 9.17) is 5.11 Å². The maximum atomic E-state index is 12.3. The number of nitrogens with zero attached hydrogens (tertiary/aromatic N) is 3. The minimum atomic E-state index is 0.0136. The first-order valence-corrected chi connectivity index (χ1v) is 6.63. The molecule has 1 atom stereocenters. The lowest BCUT2D eigenvalue weighted by Crippen LogP contribution is -2.29. The van der Waals surface area contributed by atoms with E-state index in [1.54, 1.807) is 4.90 Å². The quantitative estimate of drug-likeness (QED) is 0.879. The molecule has 2 heterocycles. The molecule has 17 heavy (non-hydrogen) atoms. The number of rotatable bonds is 3. The molecule has 0 spiro atoms. The van der Waals surface area contributed by atoms with Crippen LogP contribution in [0.4, 0.5) is 0 Å². The summed E-state index contributed by atoms with van der Waals surface area (Å²) in [5.41, 5.74) is 0.785. The molecule has 2 rings (SSSR count). The van der Waals surface area contributed by atoms with Gasteiger partial charge in [-0.05, 0) is 23.9 Å². The summed E-state index contributed by atoms with van der Waals surface area (Å²) < 4.78 is 3.87. The molecular weight excluding hydrogens is 238 g/mol. The molecule has 0 radical (unpaired) electrons. The molecule has 94 valence electrons. The van der Waals surface area contributed by atoms with Crippen LogP contribution in [0.1, 0.15) is 41.6 Å². The molecule has 0 bridgehead atoms. The van der Waals surface area contributed by atoms with Crippen LogP contribution in [-0.4, -0.2) is 45.2 Å². The molecule has 1 unspecified atom stereocenters. The molecule has 6 heteroatoms. The van der Waals surface area contributed by atoms with Crippen molar-refractivity contribution in [3.05, 3.63) is 10.6 Å². The zero-order chi connectivity index (χ0) is 12.4. The Bertz CT molecular complexity index is 405. The number of carbonyl (C=O) groups is 1. The van der Waals surface area contributed by atoms with Gasteiger partial charge in [0.25, 0.3) is 5.91 Å². The van der Waals surface area contributed by atoms with Gasteiger partial charge in [0.05, 0.1) is 5.69 Å². The maximum Gasteiger partial charge on any atom is 0.267 e. The second-order valence-electron chi connectivity index (χ2n) is 4.73. The van der Waals surface area contributed by atoms with Crippen LogP contribution < -0.4 is 0 Å². The number of aliphatic hydroxyl groups excluding tert-OH is 1. The fraction of sp³-hybridized carbons (Fsp3) is 0.727. The van der Waals surface area contributed by atoms with Gasteiger partial charge in [0.15, 0.2) is 0 Å². The predicted octanol–water partition coefficient (Wildman–Crippen LogP) is 1.12. The van der Waals surface area contributed by atoms with Crippen molar-refractivity contribution in [2.75, 3.05) is 19.7 Å². The van der Waals surface area contributed by atoms with Crippen molar-refractivity contribution in [1.82, 2.24) is 14.5 Å². The van der Waals surface area contributed by atoms with Gasteiger partial charge in [-0.25, -0.2) is 0 Å². The molecule has 1 amide bonds. The standard InChI is InChI=1S/C11H17N3O2S/c1-7(2)9-10(17-13-12-9)11(16)14-4-3-8(5-14)6-15/h7-8,15H,3-6H2,1-2H3. The number of carbonyl (C=O) groups excluding carboxylic acids is 1. The Hall–Kier alpha value is -1.01. The molecule has 1 aromatic heterocycles. The first-order chi connectivity index (χ1) is 8.13. The second-order valence-corrected chi connectivity index (χ2v) is 5.48. The van der Waals surface area contributed by atoms with E-state index in [0.29, 0.717) is 11.4 Å². The SMILES string of the molecule is CC(C)c1nnsc1C(=O)N1CCC(CO)C1. The van der Waals surface area contributed by atoms with Crippen LogP contribution in [-0.2, 0) is 0 Å². The molecule has 1 N–H and O–H groups in total. The van der Waals surface area contributed by atoms with Gasteiger partial charge in [-0.15, -0.1) is 5.10 Å². The van der Waals surface area contributed by atoms with E-state index in [0.717, 1.165) is 18.7 Å². The average Bonchev–Trinajstić information content (AvgIpc) is 2.97. The smallest absolute Gasteiger partial charge is 0.267 e. The summed E-state index contributed by atoms with van der Waals surface area (Å²) in [6.45, 7) is 5.54. The van der Waals surface area contributed by atoms with Gasteiger partial charge in [-0.1, -0.05) is 18.3 Å². The molecule has 5 nitrogen and oxygen atoms in total. The van der Waals surface area contributed by atoms with Crippen LogP contribution in [0, 0.1) is 5.92 Å². The number of hydrogen-bond acceptors (Lipinski definition) is 5. The van der Waals surface area contributed by atoms with Gasteiger partial charge < -0.3 is 10.0 Å². The van der Waals surface area contributed by atoms with E-state index in [2.05, 4.69) is 9.59 Å². The Kier molecular flexibility index (Phi) is 3.73. The highest BCUT2D eigenvalue weighted by atomic mass is 32.1. The molecule has 0 aromatic carbocycles. The van der Waals surface area contributed by atoms with E-state index in [9.17, 15) is 4.79 Å². The summed E-state index contributed by atoms with van der Waals surface area (Å²) >= 11 is 1.17. The Balaban J connectivity index is 2.12. The van der Waals surface area contributed by atoms with Crippen LogP contribution in [0.5, 0.6) is 0 Å². The van der Waals surface area contributed by atoms with Crippen LogP contribution in [0.3, 0.4) is 0 Å². The van der Waals surface area contributed by atoms with Gasteiger partial charge in [-0.3, -0.25) is 4.79 Å². The average molecular weight is 255 g/mol. The maximum absolute atomic E-state index is 12.3. The van der Waals surface area contributed by atoms with E-state index in [1.807, 2.05) is 13.8 Å². The van der Waals surface area contributed by atoms with Crippen molar-refractivity contribution in [2.24, 2.45) is 5.92 Å². The van der Waals surface area contributed by atoms with Crippen molar-refractivity contribution in [1.29, 1.82) is 0 Å². The highest BCUT2D eigenvalue weighted by Gasteiger charge is 2.29. The lowest BCUT2D eigenvalue weighted by molar-refractivity contribution is 0.0785. The molecule has 1 aliphatic rings. The molecule has 1 saturated heterocycles. The van der Waals surface area contributed by atoms with E-state index in [1.165, 1.54) is 11.5 Å². The summed E-state index contributed by atoms with van der Waals surface area (Å²) in [6, 6.07) is 0. The lowest BCUT2D eigenvalue weighted by Gasteiger charge is -2.15. The number of aromatic nitrogens is 2. The minimum absolute atomic E-state index is 0.0136. The first kappa shape index (κ1) is 12.4. The molecule has 0 aliphatic carbocycles. The van der Waals surface area contributed by atoms with E-state index >= 15 is 0 Å². The highest BCUT2D eigenvalue weighted by molar-refractivity contribution is 7.08. The normalized spacial score (nSPS) is 20.2. The van der Waals surface area contributed by atoms with E-state index in [-0.39, 0.29) is 24.3 Å². The van der Waals surface area contributed by atoms with Gasteiger partial charge in [0.2, 0.25) is 0 Å². The van der Waals surface area contributed by atoms with Crippen molar-refractivity contribution in [2.45, 2.75) is 26.2 Å². The summed E-state index contributed by atoms with van der Waals surface area (Å²) in [4.78, 5) is 14.7. The number of hydrogen-bond donors (Lipinski definition) is 1. The fourth-order valence-corrected chi connectivity index (χ4v) is 2.82. The largest absolute Gasteiger partial charge is 0.396 e. The van der Waals surface area contributed by atoms with Crippen molar-refractivity contribution in [3.8, 4) is 0 Å². The van der Waals surface area contributed by atoms with Crippen molar-refractivity contribution in [3.63, 3.8) is 0 Å². The van der Waals surface area contributed by atoms with Crippen LogP contribution in [0.2, 0.25) is 0 Å². The van der Waals surface area contributed by atoms with Gasteiger partial charge in [-0.2, -0.15) is 0 Å².